The number of sulfonamides is 2. The maximum absolute atomic E-state index is 10.7. The molecule has 32 heavy (non-hydrogen) atoms. The molecule has 2 aromatic carbocycles. The minimum absolute atomic E-state index is 0.0556. The monoisotopic (exact) mass is 499 g/mol. The first-order valence-electron chi connectivity index (χ1n) is 8.49. The zero-order valence-electron chi connectivity index (χ0n) is 16.7. The van der Waals surface area contributed by atoms with Crippen molar-refractivity contribution in [2.24, 2.45) is 15.4 Å². The van der Waals surface area contributed by atoms with Crippen LogP contribution in [0.3, 0.4) is 0 Å². The van der Waals surface area contributed by atoms with E-state index in [1.54, 1.807) is 30.3 Å². The van der Waals surface area contributed by atoms with Crippen molar-refractivity contribution in [3.05, 3.63) is 88.6 Å². The van der Waals surface area contributed by atoms with Crippen LogP contribution >= 0.6 is 11.9 Å². The van der Waals surface area contributed by atoms with Crippen molar-refractivity contribution in [3.8, 4) is 0 Å². The van der Waals surface area contributed by atoms with E-state index in [2.05, 4.69) is 4.98 Å². The van der Waals surface area contributed by atoms with E-state index >= 15 is 0 Å². The van der Waals surface area contributed by atoms with Crippen molar-refractivity contribution in [1.82, 2.24) is 4.98 Å². The van der Waals surface area contributed by atoms with Gasteiger partial charge in [0, 0.05) is 12.3 Å². The van der Waals surface area contributed by atoms with Gasteiger partial charge in [-0.3, -0.25) is 15.3 Å². The van der Waals surface area contributed by atoms with Gasteiger partial charge in [0.15, 0.2) is 5.03 Å². The van der Waals surface area contributed by atoms with Gasteiger partial charge >= 0.3 is 5.69 Å². The maximum Gasteiger partial charge on any atom is 0.302 e. The van der Waals surface area contributed by atoms with Gasteiger partial charge in [0.25, 0.3) is 0 Å². The van der Waals surface area contributed by atoms with Crippen LogP contribution in [0.4, 0.5) is 5.69 Å². The minimum Gasteiger partial charge on any atom is -0.272 e. The highest BCUT2D eigenvalue weighted by molar-refractivity contribution is 7.97. The average molecular weight is 500 g/mol. The van der Waals surface area contributed by atoms with E-state index in [9.17, 15) is 26.9 Å². The largest absolute Gasteiger partial charge is 0.302 e. The molecule has 1 heterocycles. The molecule has 0 aliphatic rings. The Labute approximate surface area is 190 Å². The van der Waals surface area contributed by atoms with Gasteiger partial charge in [0.05, 0.1) is 14.7 Å². The summed E-state index contributed by atoms with van der Waals surface area (Å²) < 4.78 is 42.7. The number of rotatable bonds is 4. The fourth-order valence-electron chi connectivity index (χ4n) is 1.95. The Balaban J connectivity index is 0.000000240. The maximum atomic E-state index is 10.7. The van der Waals surface area contributed by atoms with Crippen LogP contribution in [0.25, 0.3) is 0 Å². The molecule has 172 valence electrons. The van der Waals surface area contributed by atoms with E-state index in [1.807, 2.05) is 6.92 Å². The summed E-state index contributed by atoms with van der Waals surface area (Å²) in [6.45, 7) is 1.88. The van der Waals surface area contributed by atoms with E-state index < -0.39 is 25.0 Å². The second kappa shape index (κ2) is 12.2. The molecule has 11 nitrogen and oxygen atoms in total. The predicted octanol–water partition coefficient (Wildman–Crippen LogP) is 1.93. The first kappa shape index (κ1) is 27.2. The standard InChI is InChI=1S/C7H9NO2S.C6H7NO2S.C5H5N3O2S/c1-6-2-4-7(5-3-6)11(8,9)10;7-10(8,9)6-4-2-1-3-5-6;6-11-5-4(8(9)10)2-1-3-7-5/h2-5H,1H3,(H2,8,9,10);1-5H,(H2,7,8,9);1-3H,6H2. The van der Waals surface area contributed by atoms with Crippen LogP contribution in [0, 0.1) is 17.0 Å². The fourth-order valence-corrected chi connectivity index (χ4v) is 3.39. The van der Waals surface area contributed by atoms with Crippen molar-refractivity contribution in [3.63, 3.8) is 0 Å². The van der Waals surface area contributed by atoms with Crippen LogP contribution in [0.2, 0.25) is 0 Å². The molecule has 0 amide bonds. The predicted molar refractivity (Wildman–Crippen MR) is 121 cm³/mol. The van der Waals surface area contributed by atoms with Crippen LogP contribution in [0.1, 0.15) is 5.56 Å². The highest BCUT2D eigenvalue weighted by atomic mass is 32.2. The molecule has 0 atom stereocenters. The summed E-state index contributed by atoms with van der Waals surface area (Å²) in [5.41, 5.74) is 0.956. The zero-order valence-corrected chi connectivity index (χ0v) is 19.2. The number of pyridine rings is 1. The number of nitrogens with zero attached hydrogens (tertiary/aromatic N) is 2. The van der Waals surface area contributed by atoms with Crippen molar-refractivity contribution in [2.75, 3.05) is 0 Å². The Kier molecular flexibility index (Phi) is 10.4. The van der Waals surface area contributed by atoms with Gasteiger partial charge in [-0.1, -0.05) is 35.9 Å². The summed E-state index contributed by atoms with van der Waals surface area (Å²) in [7, 11) is -7.02. The molecule has 0 aliphatic heterocycles. The first-order chi connectivity index (χ1) is 14.9. The Morgan fingerprint density at radius 1 is 0.844 bits per heavy atom. The van der Waals surface area contributed by atoms with Crippen LogP contribution in [-0.4, -0.2) is 26.7 Å². The van der Waals surface area contributed by atoms with E-state index in [1.165, 1.54) is 42.6 Å². The third-order valence-corrected chi connectivity index (χ3v) is 5.88. The van der Waals surface area contributed by atoms with Crippen molar-refractivity contribution < 1.29 is 21.8 Å². The van der Waals surface area contributed by atoms with Gasteiger partial charge in [-0.2, -0.15) is 0 Å². The molecule has 0 saturated carbocycles. The van der Waals surface area contributed by atoms with E-state index in [0.717, 1.165) is 17.5 Å². The fraction of sp³-hybridized carbons (Fsp3) is 0.0556. The number of aryl methyl sites for hydroxylation is 1. The number of primary sulfonamides is 2. The van der Waals surface area contributed by atoms with Crippen LogP contribution in [-0.2, 0) is 20.0 Å². The molecule has 0 saturated heterocycles. The summed E-state index contributed by atoms with van der Waals surface area (Å²) in [4.78, 5) is 13.8. The molecule has 0 unspecified atom stereocenters. The molecule has 3 rings (SSSR count). The molecule has 1 aromatic heterocycles. The van der Waals surface area contributed by atoms with Crippen LogP contribution < -0.4 is 15.4 Å². The summed E-state index contributed by atoms with van der Waals surface area (Å²) in [6.07, 6.45) is 1.46. The normalized spacial score (nSPS) is 10.8. The van der Waals surface area contributed by atoms with Gasteiger partial charge in [-0.25, -0.2) is 32.1 Å². The third kappa shape index (κ3) is 9.51. The molecule has 0 bridgehead atoms. The lowest BCUT2D eigenvalue weighted by Crippen LogP contribution is -2.11. The van der Waals surface area contributed by atoms with E-state index in [-0.39, 0.29) is 20.5 Å². The molecular weight excluding hydrogens is 478 g/mol. The molecular formula is C18H21N5O6S3. The number of aromatic nitrogens is 1. The van der Waals surface area contributed by atoms with Gasteiger partial charge < -0.3 is 0 Å². The van der Waals surface area contributed by atoms with Crippen molar-refractivity contribution >= 4 is 37.7 Å². The Morgan fingerprint density at radius 2 is 1.34 bits per heavy atom. The minimum atomic E-state index is -3.52. The van der Waals surface area contributed by atoms with E-state index in [0.29, 0.717) is 0 Å². The lowest BCUT2D eigenvalue weighted by atomic mass is 10.2. The van der Waals surface area contributed by atoms with Gasteiger partial charge in [-0.15, -0.1) is 0 Å². The molecule has 3 aromatic rings. The molecule has 0 radical (unpaired) electrons. The Morgan fingerprint density at radius 3 is 1.72 bits per heavy atom. The quantitative estimate of drug-likeness (QED) is 0.272. The second-order valence-electron chi connectivity index (χ2n) is 5.92. The lowest BCUT2D eigenvalue weighted by Gasteiger charge is -1.96. The number of hydrogen-bond donors (Lipinski definition) is 3. The molecule has 0 aliphatic carbocycles. The molecule has 6 N–H and O–H groups in total. The number of hydrogen-bond acceptors (Lipinski definition) is 9. The summed E-state index contributed by atoms with van der Waals surface area (Å²) in [6, 6.07) is 17.1. The average Bonchev–Trinajstić information content (AvgIpc) is 2.74. The van der Waals surface area contributed by atoms with E-state index in [4.69, 9.17) is 15.4 Å². The zero-order chi connectivity index (χ0) is 24.4. The number of nitro groups is 1. The lowest BCUT2D eigenvalue weighted by molar-refractivity contribution is -0.388. The molecule has 14 heteroatoms. The van der Waals surface area contributed by atoms with Crippen LogP contribution in [0.5, 0.6) is 0 Å². The van der Waals surface area contributed by atoms with Crippen LogP contribution in [0.15, 0.2) is 87.7 Å². The van der Waals surface area contributed by atoms with Crippen molar-refractivity contribution in [2.45, 2.75) is 21.7 Å². The molecule has 0 fully saturated rings. The molecule has 0 spiro atoms. The SMILES string of the molecule is Cc1ccc(S(N)(=O)=O)cc1.NS(=O)(=O)c1ccccc1.NSc1ncccc1[N+](=O)[O-]. The summed E-state index contributed by atoms with van der Waals surface area (Å²) >= 11 is 0.771. The first-order valence-corrected chi connectivity index (χ1v) is 12.5. The van der Waals surface area contributed by atoms with Gasteiger partial charge in [0.1, 0.15) is 0 Å². The summed E-state index contributed by atoms with van der Waals surface area (Å²) in [5, 5.41) is 25.4. The number of nitrogens with two attached hydrogens (primary N) is 3. The third-order valence-electron chi connectivity index (χ3n) is 3.48. The van der Waals surface area contributed by atoms with Gasteiger partial charge in [-0.05, 0) is 49.2 Å². The summed E-state index contributed by atoms with van der Waals surface area (Å²) in [5.74, 6) is 0. The van der Waals surface area contributed by atoms with Gasteiger partial charge in [0.2, 0.25) is 20.0 Å². The number of benzene rings is 2. The Bertz CT molecular complexity index is 1240. The highest BCUT2D eigenvalue weighted by Crippen LogP contribution is 2.21. The van der Waals surface area contributed by atoms with Crippen molar-refractivity contribution in [1.29, 1.82) is 0 Å². The topological polar surface area (TPSA) is 202 Å². The highest BCUT2D eigenvalue weighted by Gasteiger charge is 2.12. The smallest absolute Gasteiger partial charge is 0.272 e. The second-order valence-corrected chi connectivity index (χ2v) is 9.66. The Hall–Kier alpha value is -2.88.